The molecule has 0 fully saturated rings. The van der Waals surface area contributed by atoms with Crippen LogP contribution in [0.5, 0.6) is 0 Å². The maximum absolute atomic E-state index is 4.70. The molecule has 3 aromatic heterocycles. The molecule has 128 valence electrons. The minimum absolute atomic E-state index is 0.370. The van der Waals surface area contributed by atoms with Gasteiger partial charge in [-0.25, -0.2) is 0 Å². The van der Waals surface area contributed by atoms with Crippen molar-refractivity contribution in [2.75, 3.05) is 18.4 Å². The highest BCUT2D eigenvalue weighted by molar-refractivity contribution is 7.19. The zero-order chi connectivity index (χ0) is 16.7. The van der Waals surface area contributed by atoms with Gasteiger partial charge in [-0.3, -0.25) is 4.90 Å². The van der Waals surface area contributed by atoms with Crippen LogP contribution in [0.15, 0.2) is 0 Å². The highest BCUT2D eigenvalue weighted by Crippen LogP contribution is 2.38. The molecule has 4 rings (SSSR count). The molecule has 24 heavy (non-hydrogen) atoms. The Hall–Kier alpha value is -1.80. The molecule has 7 nitrogen and oxygen atoms in total. The van der Waals surface area contributed by atoms with Crippen LogP contribution in [0.3, 0.4) is 0 Å². The van der Waals surface area contributed by atoms with E-state index in [1.807, 2.05) is 11.3 Å². The Morgan fingerprint density at radius 2 is 2.21 bits per heavy atom. The van der Waals surface area contributed by atoms with E-state index >= 15 is 0 Å². The van der Waals surface area contributed by atoms with Crippen LogP contribution in [-0.4, -0.2) is 49.1 Å². The molecule has 0 spiro atoms. The maximum atomic E-state index is 4.70. The molecule has 4 heterocycles. The predicted molar refractivity (Wildman–Crippen MR) is 96.6 cm³/mol. The van der Waals surface area contributed by atoms with Gasteiger partial charge in [0.1, 0.15) is 10.6 Å². The summed E-state index contributed by atoms with van der Waals surface area (Å²) in [6.45, 7) is 9.89. The van der Waals surface area contributed by atoms with E-state index in [9.17, 15) is 0 Å². The summed E-state index contributed by atoms with van der Waals surface area (Å²) >= 11 is 1.81. The Morgan fingerprint density at radius 1 is 1.33 bits per heavy atom. The Kier molecular flexibility index (Phi) is 4.09. The molecule has 0 radical (unpaired) electrons. The van der Waals surface area contributed by atoms with Crippen molar-refractivity contribution in [3.63, 3.8) is 0 Å². The van der Waals surface area contributed by atoms with E-state index in [2.05, 4.69) is 46.5 Å². The summed E-state index contributed by atoms with van der Waals surface area (Å²) < 4.78 is 1.78. The van der Waals surface area contributed by atoms with Crippen LogP contribution < -0.4 is 5.32 Å². The lowest BCUT2D eigenvalue weighted by molar-refractivity contribution is 0.258. The Labute approximate surface area is 145 Å². The van der Waals surface area contributed by atoms with Gasteiger partial charge in [-0.05, 0) is 48.7 Å². The van der Waals surface area contributed by atoms with Crippen molar-refractivity contribution in [1.29, 1.82) is 0 Å². The standard InChI is InChI=1S/C16H23N7S/c1-4-7-22-8-6-11-12(9-22)24-15-13(11)14(17-10(3)5-2)18-16-19-20-21-23(15)16/h10H,4-9H2,1-3H3,(H,17,18,19,21)/t10-/m1/s1. The Balaban J connectivity index is 1.88. The zero-order valence-electron chi connectivity index (χ0n) is 14.4. The molecule has 3 aromatic rings. The van der Waals surface area contributed by atoms with Crippen molar-refractivity contribution in [1.82, 2.24) is 29.9 Å². The summed E-state index contributed by atoms with van der Waals surface area (Å²) in [6.07, 6.45) is 3.32. The molecule has 0 amide bonds. The minimum Gasteiger partial charge on any atom is -0.367 e. The van der Waals surface area contributed by atoms with Gasteiger partial charge in [0, 0.05) is 24.0 Å². The summed E-state index contributed by atoms with van der Waals surface area (Å²) in [5, 5.41) is 16.8. The first kappa shape index (κ1) is 15.7. The second-order valence-electron chi connectivity index (χ2n) is 6.51. The number of nitrogens with one attached hydrogen (secondary N) is 1. The highest BCUT2D eigenvalue weighted by atomic mass is 32.1. The summed E-state index contributed by atoms with van der Waals surface area (Å²) in [4.78, 5) is 9.77. The first-order chi connectivity index (χ1) is 11.7. The van der Waals surface area contributed by atoms with Gasteiger partial charge < -0.3 is 5.32 Å². The summed E-state index contributed by atoms with van der Waals surface area (Å²) in [5.41, 5.74) is 1.43. The molecular formula is C16H23N7S. The summed E-state index contributed by atoms with van der Waals surface area (Å²) in [6, 6.07) is 0.370. The third-order valence-corrected chi connectivity index (χ3v) is 5.94. The monoisotopic (exact) mass is 345 g/mol. The average molecular weight is 345 g/mol. The zero-order valence-corrected chi connectivity index (χ0v) is 15.2. The summed E-state index contributed by atoms with van der Waals surface area (Å²) in [7, 11) is 0. The van der Waals surface area contributed by atoms with E-state index in [1.54, 1.807) is 4.52 Å². The number of hydrogen-bond acceptors (Lipinski definition) is 7. The molecule has 1 atom stereocenters. The number of nitrogens with zero attached hydrogens (tertiary/aromatic N) is 6. The van der Waals surface area contributed by atoms with Crippen LogP contribution >= 0.6 is 11.3 Å². The van der Waals surface area contributed by atoms with Crippen molar-refractivity contribution >= 4 is 33.1 Å². The fourth-order valence-electron chi connectivity index (χ4n) is 3.32. The van der Waals surface area contributed by atoms with E-state index in [0.29, 0.717) is 11.8 Å². The molecule has 0 unspecified atom stereocenters. The molecular weight excluding hydrogens is 322 g/mol. The van der Waals surface area contributed by atoms with Gasteiger partial charge in [0.2, 0.25) is 0 Å². The maximum Gasteiger partial charge on any atom is 0.276 e. The van der Waals surface area contributed by atoms with Crippen molar-refractivity contribution in [3.8, 4) is 0 Å². The van der Waals surface area contributed by atoms with E-state index in [-0.39, 0.29) is 0 Å². The lowest BCUT2D eigenvalue weighted by Crippen LogP contribution is -2.30. The lowest BCUT2D eigenvalue weighted by atomic mass is 10.0. The van der Waals surface area contributed by atoms with Crippen LogP contribution in [0, 0.1) is 0 Å². The van der Waals surface area contributed by atoms with Gasteiger partial charge in [-0.15, -0.1) is 11.3 Å². The van der Waals surface area contributed by atoms with Gasteiger partial charge in [-0.2, -0.15) is 9.50 Å². The Bertz CT molecular complexity index is 868. The van der Waals surface area contributed by atoms with Crippen LogP contribution in [0.4, 0.5) is 5.82 Å². The van der Waals surface area contributed by atoms with Crippen molar-refractivity contribution in [2.45, 2.75) is 52.6 Å². The Morgan fingerprint density at radius 3 is 3.00 bits per heavy atom. The molecule has 0 saturated heterocycles. The van der Waals surface area contributed by atoms with E-state index in [1.165, 1.54) is 22.2 Å². The van der Waals surface area contributed by atoms with Crippen LogP contribution in [0.1, 0.15) is 44.1 Å². The minimum atomic E-state index is 0.370. The number of thiophene rings is 1. The number of fused-ring (bicyclic) bond motifs is 5. The molecule has 1 N–H and O–H groups in total. The molecule has 1 aliphatic heterocycles. The first-order valence-electron chi connectivity index (χ1n) is 8.72. The molecule has 0 aliphatic carbocycles. The van der Waals surface area contributed by atoms with Crippen LogP contribution in [-0.2, 0) is 13.0 Å². The fraction of sp³-hybridized carbons (Fsp3) is 0.625. The van der Waals surface area contributed by atoms with Crippen molar-refractivity contribution < 1.29 is 0 Å². The van der Waals surface area contributed by atoms with Crippen molar-refractivity contribution in [3.05, 3.63) is 10.4 Å². The molecule has 1 aliphatic rings. The molecule has 8 heteroatoms. The van der Waals surface area contributed by atoms with Gasteiger partial charge in [-0.1, -0.05) is 18.9 Å². The SMILES string of the molecule is CCCN1CCc2c(sc3c2c(N[C@H](C)CC)nc2nnnn23)C1. The first-order valence-corrected chi connectivity index (χ1v) is 9.54. The number of rotatable bonds is 5. The van der Waals surface area contributed by atoms with E-state index in [0.717, 1.165) is 43.1 Å². The smallest absolute Gasteiger partial charge is 0.276 e. The van der Waals surface area contributed by atoms with Crippen LogP contribution in [0.25, 0.3) is 16.0 Å². The molecule has 0 aromatic carbocycles. The van der Waals surface area contributed by atoms with Gasteiger partial charge in [0.05, 0.1) is 5.39 Å². The van der Waals surface area contributed by atoms with Gasteiger partial charge in [0.25, 0.3) is 5.78 Å². The quantitative estimate of drug-likeness (QED) is 0.767. The van der Waals surface area contributed by atoms with Crippen molar-refractivity contribution in [2.24, 2.45) is 0 Å². The second kappa shape index (κ2) is 6.25. The normalized spacial score (nSPS) is 16.6. The third kappa shape index (κ3) is 2.53. The van der Waals surface area contributed by atoms with Crippen LogP contribution in [0.2, 0.25) is 0 Å². The van der Waals surface area contributed by atoms with Gasteiger partial charge >= 0.3 is 0 Å². The number of anilines is 1. The van der Waals surface area contributed by atoms with Gasteiger partial charge in [0.15, 0.2) is 0 Å². The van der Waals surface area contributed by atoms with E-state index < -0.39 is 0 Å². The molecule has 0 saturated carbocycles. The topological polar surface area (TPSA) is 71.2 Å². The number of hydrogen-bond donors (Lipinski definition) is 1. The highest BCUT2D eigenvalue weighted by Gasteiger charge is 2.25. The molecule has 0 bridgehead atoms. The predicted octanol–water partition coefficient (Wildman–Crippen LogP) is 2.71. The average Bonchev–Trinajstić information content (AvgIpc) is 3.18. The van der Waals surface area contributed by atoms with E-state index in [4.69, 9.17) is 4.98 Å². The fourth-order valence-corrected chi connectivity index (χ4v) is 4.66. The number of aromatic nitrogens is 5. The summed E-state index contributed by atoms with van der Waals surface area (Å²) in [5.74, 6) is 1.50. The lowest BCUT2D eigenvalue weighted by Gasteiger charge is -2.26. The second-order valence-corrected chi connectivity index (χ2v) is 7.60. The number of tetrazole rings is 1. The third-order valence-electron chi connectivity index (χ3n) is 4.75. The largest absolute Gasteiger partial charge is 0.367 e.